The van der Waals surface area contributed by atoms with Gasteiger partial charge in [0.15, 0.2) is 18.4 Å². The largest absolute Gasteiger partial charge is 0.576 e. The molecule has 10 N–H and O–H groups in total. The van der Waals surface area contributed by atoms with Gasteiger partial charge in [0.25, 0.3) is 6.10 Å². The predicted octanol–water partition coefficient (Wildman–Crippen LogP) is -4.28. The van der Waals surface area contributed by atoms with E-state index in [9.17, 15) is 25.3 Å². The van der Waals surface area contributed by atoms with Crippen LogP contribution in [-0.2, 0) is 18.9 Å². The van der Waals surface area contributed by atoms with Crippen LogP contribution >= 0.6 is 7.94 Å². The normalized spacial score (nSPS) is 37.8. The van der Waals surface area contributed by atoms with Crippen LogP contribution in [0.4, 0.5) is 0 Å². The second-order valence-electron chi connectivity index (χ2n) is 3.92. The molecule has 0 spiro atoms. The van der Waals surface area contributed by atoms with Gasteiger partial charge in [0.2, 0.25) is 0 Å². The summed E-state index contributed by atoms with van der Waals surface area (Å²) in [6.45, 7) is 0. The Hall–Kier alpha value is 0.0300. The molecule has 1 heterocycles. The fourth-order valence-corrected chi connectivity index (χ4v) is 2.52. The van der Waals surface area contributed by atoms with Crippen LogP contribution in [0.25, 0.3) is 0 Å². The van der Waals surface area contributed by atoms with E-state index in [1.807, 2.05) is 0 Å². The third-order valence-corrected chi connectivity index (χ3v) is 4.36. The molecule has 0 amide bonds. The molecule has 1 unspecified atom stereocenters. The standard InChI is InChI=1S/C7H19N2O8P/c8-16-18(14,17-9)2-1-3-4(10)5(11)6(12)7(13)15-3/h3-7,10-13H,1-2H2,8-9H3/q+4/t3-,4-,5+,6-,7?/m1/s1. The lowest BCUT2D eigenvalue weighted by Gasteiger charge is -2.29. The van der Waals surface area contributed by atoms with Crippen molar-refractivity contribution >= 4 is 7.94 Å². The Morgan fingerprint density at radius 1 is 1.06 bits per heavy atom. The fraction of sp³-hybridized carbons (Fsp3) is 1.00. The smallest absolute Gasteiger partial charge is 0.387 e. The molecular formula is C7H19N2O8P+4. The molecule has 1 rings (SSSR count). The summed E-state index contributed by atoms with van der Waals surface area (Å²) in [6.07, 6.45) is -7.44. The van der Waals surface area contributed by atoms with Crippen molar-refractivity contribution in [2.24, 2.45) is 0 Å². The number of aliphatic hydroxyl groups excluding tert-OH is 4. The van der Waals surface area contributed by atoms with Crippen LogP contribution in [0, 0.1) is 0 Å². The van der Waals surface area contributed by atoms with Crippen LogP contribution in [0.1, 0.15) is 6.42 Å². The molecule has 10 nitrogen and oxygen atoms in total. The molecule has 1 aliphatic rings. The van der Waals surface area contributed by atoms with E-state index in [0.717, 1.165) is 0 Å². The average molecular weight is 290 g/mol. The second-order valence-corrected chi connectivity index (χ2v) is 6.10. The number of hydrogen-bond acceptors (Lipinski definition) is 7. The molecule has 18 heavy (non-hydrogen) atoms. The third kappa shape index (κ3) is 3.53. The summed E-state index contributed by atoms with van der Waals surface area (Å²) >= 11 is 0. The Balaban J connectivity index is 2.57. The molecule has 11 heteroatoms. The van der Waals surface area contributed by atoms with Crippen molar-refractivity contribution in [1.82, 2.24) is 0 Å². The molecule has 5 atom stereocenters. The summed E-state index contributed by atoms with van der Waals surface area (Å²) in [6, 6.07) is 0. The summed E-state index contributed by atoms with van der Waals surface area (Å²) in [5.41, 5.74) is 0. The van der Waals surface area contributed by atoms with Gasteiger partial charge in [0.05, 0.1) is 6.42 Å². The van der Waals surface area contributed by atoms with E-state index in [-0.39, 0.29) is 12.6 Å². The van der Waals surface area contributed by atoms with Gasteiger partial charge in [-0.1, -0.05) is 0 Å². The highest BCUT2D eigenvalue weighted by atomic mass is 31.2. The zero-order valence-electron chi connectivity index (χ0n) is 9.58. The van der Waals surface area contributed by atoms with E-state index in [4.69, 9.17) is 4.74 Å². The molecule has 0 saturated carbocycles. The van der Waals surface area contributed by atoms with E-state index in [1.54, 1.807) is 0 Å². The van der Waals surface area contributed by atoms with Gasteiger partial charge in [-0.25, -0.2) is 0 Å². The molecule has 0 bridgehead atoms. The molecule has 0 aliphatic carbocycles. The summed E-state index contributed by atoms with van der Waals surface area (Å²) in [5, 5.41) is 37.6. The minimum atomic E-state index is -3.47. The van der Waals surface area contributed by atoms with Crippen molar-refractivity contribution < 1.29 is 51.1 Å². The van der Waals surface area contributed by atoms with Crippen molar-refractivity contribution in [2.45, 2.75) is 37.1 Å². The average Bonchev–Trinajstić information content (AvgIpc) is 2.38. The maximum Gasteiger partial charge on any atom is 0.576 e. The molecule has 0 aromatic carbocycles. The van der Waals surface area contributed by atoms with Crippen LogP contribution in [-0.4, -0.2) is 57.3 Å². The zero-order chi connectivity index (χ0) is 13.9. The molecular weight excluding hydrogens is 271 g/mol. The molecule has 2 radical (unpaired) electrons. The van der Waals surface area contributed by atoms with Gasteiger partial charge in [-0.15, -0.1) is 4.74 Å². The first-order valence-electron chi connectivity index (χ1n) is 5.19. The number of quaternary nitrogens is 2. The van der Waals surface area contributed by atoms with Gasteiger partial charge in [0, 0.05) is 14.1 Å². The highest BCUT2D eigenvalue weighted by Gasteiger charge is 2.57. The molecule has 0 aromatic rings. The summed E-state index contributed by atoms with van der Waals surface area (Å²) in [5.74, 6) is 5.97. The van der Waals surface area contributed by atoms with E-state index >= 15 is 0 Å². The van der Waals surface area contributed by atoms with E-state index in [0.29, 0.717) is 0 Å². The number of rotatable bonds is 5. The maximum atomic E-state index is 11.6. The lowest BCUT2D eigenvalue weighted by Crippen LogP contribution is -2.58. The zero-order valence-corrected chi connectivity index (χ0v) is 10.5. The quantitative estimate of drug-likeness (QED) is 0.168. The summed E-state index contributed by atoms with van der Waals surface area (Å²) < 4.78 is 13.7. The first-order chi connectivity index (χ1) is 8.34. The highest BCUT2D eigenvalue weighted by molar-refractivity contribution is 7.59. The molecule has 1 fully saturated rings. The summed E-state index contributed by atoms with van der Waals surface area (Å²) in [7, 11) is -3.47. The van der Waals surface area contributed by atoms with Crippen LogP contribution in [0.3, 0.4) is 0 Å². The Kier molecular flexibility index (Phi) is 5.77. The lowest BCUT2D eigenvalue weighted by molar-refractivity contribution is -0.683. The Morgan fingerprint density at radius 3 is 2.11 bits per heavy atom. The van der Waals surface area contributed by atoms with Crippen molar-refractivity contribution in [2.75, 3.05) is 6.16 Å². The van der Waals surface area contributed by atoms with Crippen LogP contribution in [0.5, 0.6) is 0 Å². The van der Waals surface area contributed by atoms with E-state index < -0.39 is 38.6 Å². The predicted molar refractivity (Wildman–Crippen MR) is 53.9 cm³/mol. The van der Waals surface area contributed by atoms with Crippen molar-refractivity contribution in [3.63, 3.8) is 0 Å². The topological polar surface area (TPSA) is 186 Å². The molecule has 0 aromatic heterocycles. The second kappa shape index (κ2) is 6.46. The Morgan fingerprint density at radius 2 is 1.61 bits per heavy atom. The minimum Gasteiger partial charge on any atom is -0.387 e. The van der Waals surface area contributed by atoms with Crippen molar-refractivity contribution in [1.29, 1.82) is 0 Å². The number of ether oxygens (including phenoxy) is 1. The van der Waals surface area contributed by atoms with Crippen LogP contribution in [0.2, 0.25) is 0 Å². The Labute approximate surface area is 103 Å². The van der Waals surface area contributed by atoms with Crippen molar-refractivity contribution in [3.05, 3.63) is 0 Å². The molecule has 106 valence electrons. The van der Waals surface area contributed by atoms with Crippen molar-refractivity contribution in [3.8, 4) is 0 Å². The van der Waals surface area contributed by atoms with Gasteiger partial charge in [-0.05, 0) is 0 Å². The van der Waals surface area contributed by atoms with Crippen LogP contribution < -0.4 is 11.8 Å². The van der Waals surface area contributed by atoms with Gasteiger partial charge < -0.3 is 20.4 Å². The third-order valence-electron chi connectivity index (χ3n) is 2.77. The van der Waals surface area contributed by atoms with Crippen LogP contribution in [0.15, 0.2) is 0 Å². The first kappa shape index (κ1) is 16.1. The SMILES string of the molecule is [NH3+]O[P+]([O])(CC[C@H]1[O+]C(O)[C@H](O)[C@@H](O)[C@@H]1O)O[NH3+]. The summed E-state index contributed by atoms with van der Waals surface area (Å²) in [4.78, 5) is 11.6. The maximum absolute atomic E-state index is 11.6. The van der Waals surface area contributed by atoms with Gasteiger partial charge in [0.1, 0.15) is 6.10 Å². The van der Waals surface area contributed by atoms with E-state index in [1.165, 1.54) is 0 Å². The first-order valence-corrected chi connectivity index (χ1v) is 6.91. The lowest BCUT2D eigenvalue weighted by atomic mass is 9.97. The van der Waals surface area contributed by atoms with Gasteiger partial charge >= 0.3 is 14.2 Å². The number of hydrogen-bond donors (Lipinski definition) is 6. The molecule has 1 saturated heterocycles. The fourth-order valence-electron chi connectivity index (χ4n) is 1.62. The van der Waals surface area contributed by atoms with E-state index in [2.05, 4.69) is 21.0 Å². The Bertz CT molecular complexity index is 268. The van der Waals surface area contributed by atoms with Gasteiger partial charge in [-0.3, -0.25) is 0 Å². The highest BCUT2D eigenvalue weighted by Crippen LogP contribution is 2.54. The van der Waals surface area contributed by atoms with Gasteiger partial charge in [-0.2, -0.15) is 11.8 Å². The monoisotopic (exact) mass is 290 g/mol. The molecule has 1 aliphatic heterocycles. The number of aliphatic hydroxyl groups is 4. The minimum absolute atomic E-state index is 0.0374.